The van der Waals surface area contributed by atoms with Crippen LogP contribution in [0.3, 0.4) is 0 Å². The van der Waals surface area contributed by atoms with Crippen molar-refractivity contribution in [3.8, 4) is 5.75 Å². The number of nitrogens with zero attached hydrogens (tertiary/aromatic N) is 1. The summed E-state index contributed by atoms with van der Waals surface area (Å²) in [6, 6.07) is 6.12. The van der Waals surface area contributed by atoms with Crippen LogP contribution in [0.15, 0.2) is 35.2 Å². The first-order chi connectivity index (χ1) is 13.1. The SMILES string of the molecule is CCN(CC)S(=O)(=O)c1ccc(OC)c(NC(=O)c2cc(F)c(Cl)cc2Cl)c1. The molecule has 0 radical (unpaired) electrons. The van der Waals surface area contributed by atoms with Crippen LogP contribution in [0, 0.1) is 5.82 Å². The number of nitrogens with one attached hydrogen (secondary N) is 1. The number of anilines is 1. The monoisotopic (exact) mass is 448 g/mol. The van der Waals surface area contributed by atoms with E-state index in [1.54, 1.807) is 13.8 Å². The van der Waals surface area contributed by atoms with Crippen LogP contribution in [-0.4, -0.2) is 38.8 Å². The van der Waals surface area contributed by atoms with Crippen molar-refractivity contribution in [2.45, 2.75) is 18.7 Å². The lowest BCUT2D eigenvalue weighted by atomic mass is 10.2. The molecule has 28 heavy (non-hydrogen) atoms. The summed E-state index contributed by atoms with van der Waals surface area (Å²) >= 11 is 11.6. The Morgan fingerprint density at radius 1 is 1.14 bits per heavy atom. The van der Waals surface area contributed by atoms with Gasteiger partial charge in [0.15, 0.2) is 0 Å². The molecule has 1 amide bonds. The summed E-state index contributed by atoms with van der Waals surface area (Å²) in [5.41, 5.74) is -0.0465. The number of benzene rings is 2. The Kier molecular flexibility index (Phi) is 7.28. The number of ether oxygens (including phenoxy) is 1. The molecular formula is C18H19Cl2FN2O4S. The van der Waals surface area contributed by atoms with Gasteiger partial charge in [-0.1, -0.05) is 37.0 Å². The quantitative estimate of drug-likeness (QED) is 0.635. The van der Waals surface area contributed by atoms with Gasteiger partial charge in [0, 0.05) is 13.1 Å². The molecule has 2 rings (SSSR count). The van der Waals surface area contributed by atoms with E-state index < -0.39 is 21.7 Å². The topological polar surface area (TPSA) is 75.7 Å². The summed E-state index contributed by atoms with van der Waals surface area (Å²) in [7, 11) is -2.37. The van der Waals surface area contributed by atoms with Crippen LogP contribution in [0.1, 0.15) is 24.2 Å². The minimum Gasteiger partial charge on any atom is -0.495 e. The van der Waals surface area contributed by atoms with Crippen molar-refractivity contribution in [2.24, 2.45) is 0 Å². The summed E-state index contributed by atoms with van der Waals surface area (Å²) in [5.74, 6) is -1.31. The third kappa shape index (κ3) is 4.57. The molecule has 0 spiro atoms. The summed E-state index contributed by atoms with van der Waals surface area (Å²) in [5, 5.41) is 2.25. The standard InChI is InChI=1S/C18H19Cl2FN2O4S/c1-4-23(5-2)28(25,26)11-6-7-17(27-3)16(8-11)22-18(24)12-9-15(21)14(20)10-13(12)19/h6-10H,4-5H2,1-3H3,(H,22,24). The van der Waals surface area contributed by atoms with Crippen LogP contribution in [0.4, 0.5) is 10.1 Å². The highest BCUT2D eigenvalue weighted by molar-refractivity contribution is 7.89. The maximum atomic E-state index is 13.7. The van der Waals surface area contributed by atoms with E-state index in [9.17, 15) is 17.6 Å². The number of carbonyl (C=O) groups excluding carboxylic acids is 1. The average molecular weight is 449 g/mol. The zero-order valence-corrected chi connectivity index (χ0v) is 17.8. The van der Waals surface area contributed by atoms with Gasteiger partial charge >= 0.3 is 0 Å². The Bertz CT molecular complexity index is 995. The van der Waals surface area contributed by atoms with Crippen molar-refractivity contribution in [2.75, 3.05) is 25.5 Å². The number of carbonyl (C=O) groups is 1. The molecule has 6 nitrogen and oxygen atoms in total. The van der Waals surface area contributed by atoms with E-state index in [4.69, 9.17) is 27.9 Å². The van der Waals surface area contributed by atoms with Crippen molar-refractivity contribution in [3.05, 3.63) is 51.8 Å². The van der Waals surface area contributed by atoms with E-state index >= 15 is 0 Å². The maximum Gasteiger partial charge on any atom is 0.257 e. The first-order valence-corrected chi connectivity index (χ1v) is 10.5. The van der Waals surface area contributed by atoms with Gasteiger partial charge in [-0.2, -0.15) is 4.31 Å². The first kappa shape index (κ1) is 22.4. The third-order valence-electron chi connectivity index (χ3n) is 4.02. The Morgan fingerprint density at radius 2 is 1.79 bits per heavy atom. The molecule has 0 unspecified atom stereocenters. The molecule has 0 bridgehead atoms. The molecule has 0 aliphatic rings. The predicted octanol–water partition coefficient (Wildman–Crippen LogP) is 4.42. The number of sulfonamides is 1. The van der Waals surface area contributed by atoms with Crippen molar-refractivity contribution in [1.29, 1.82) is 0 Å². The summed E-state index contributed by atoms with van der Waals surface area (Å²) in [6.07, 6.45) is 0. The zero-order chi connectivity index (χ0) is 21.1. The van der Waals surface area contributed by atoms with Crippen LogP contribution in [0.25, 0.3) is 0 Å². The number of halogens is 3. The highest BCUT2D eigenvalue weighted by Gasteiger charge is 2.24. The third-order valence-corrected chi connectivity index (χ3v) is 6.67. The average Bonchev–Trinajstić information content (AvgIpc) is 2.65. The van der Waals surface area contributed by atoms with Crippen LogP contribution >= 0.6 is 23.2 Å². The highest BCUT2D eigenvalue weighted by Crippen LogP contribution is 2.31. The maximum absolute atomic E-state index is 13.7. The van der Waals surface area contributed by atoms with Crippen LogP contribution < -0.4 is 10.1 Å². The largest absolute Gasteiger partial charge is 0.495 e. The van der Waals surface area contributed by atoms with Gasteiger partial charge in [-0.3, -0.25) is 4.79 Å². The molecule has 152 valence electrons. The molecule has 10 heteroatoms. The van der Waals surface area contributed by atoms with Gasteiger partial charge in [-0.25, -0.2) is 12.8 Å². The Morgan fingerprint density at radius 3 is 2.36 bits per heavy atom. The minimum atomic E-state index is -3.75. The lowest BCUT2D eigenvalue weighted by Gasteiger charge is -2.19. The number of rotatable bonds is 7. The molecule has 0 fully saturated rings. The summed E-state index contributed by atoms with van der Waals surface area (Å²) in [6.45, 7) is 4.05. The van der Waals surface area contributed by atoms with E-state index in [0.29, 0.717) is 13.1 Å². The lowest BCUT2D eigenvalue weighted by molar-refractivity contribution is 0.102. The fourth-order valence-corrected chi connectivity index (χ4v) is 4.50. The Balaban J connectivity index is 2.45. The number of hydrogen-bond acceptors (Lipinski definition) is 4. The molecule has 0 aromatic heterocycles. The second kappa shape index (κ2) is 9.09. The molecule has 0 aliphatic carbocycles. The van der Waals surface area contributed by atoms with Crippen LogP contribution in [0.2, 0.25) is 10.0 Å². The van der Waals surface area contributed by atoms with E-state index in [0.717, 1.165) is 12.1 Å². The molecule has 2 aromatic rings. The van der Waals surface area contributed by atoms with Gasteiger partial charge < -0.3 is 10.1 Å². The predicted molar refractivity (Wildman–Crippen MR) is 107 cm³/mol. The Hall–Kier alpha value is -1.87. The van der Waals surface area contributed by atoms with Crippen molar-refractivity contribution < 1.29 is 22.3 Å². The van der Waals surface area contributed by atoms with Gasteiger partial charge in [0.2, 0.25) is 10.0 Å². The summed E-state index contributed by atoms with van der Waals surface area (Å²) < 4.78 is 45.6. The second-order valence-electron chi connectivity index (χ2n) is 5.65. The Labute approximate surface area is 173 Å². The van der Waals surface area contributed by atoms with Crippen molar-refractivity contribution >= 4 is 44.8 Å². The van der Waals surface area contributed by atoms with Crippen LogP contribution in [-0.2, 0) is 10.0 Å². The van der Waals surface area contributed by atoms with E-state index in [2.05, 4.69) is 5.32 Å². The van der Waals surface area contributed by atoms with Crippen molar-refractivity contribution in [1.82, 2.24) is 4.31 Å². The molecular weight excluding hydrogens is 430 g/mol. The fraction of sp³-hybridized carbons (Fsp3) is 0.278. The molecule has 0 saturated carbocycles. The molecule has 0 aliphatic heterocycles. The smallest absolute Gasteiger partial charge is 0.257 e. The number of amides is 1. The van der Waals surface area contributed by atoms with Crippen molar-refractivity contribution in [3.63, 3.8) is 0 Å². The number of hydrogen-bond donors (Lipinski definition) is 1. The lowest BCUT2D eigenvalue weighted by Crippen LogP contribution is -2.30. The fourth-order valence-electron chi connectivity index (χ4n) is 2.54. The molecule has 2 aromatic carbocycles. The highest BCUT2D eigenvalue weighted by atomic mass is 35.5. The van der Waals surface area contributed by atoms with Gasteiger partial charge in [-0.05, 0) is 30.3 Å². The van der Waals surface area contributed by atoms with E-state index in [-0.39, 0.29) is 31.9 Å². The normalized spacial score (nSPS) is 11.5. The van der Waals surface area contributed by atoms with Crippen LogP contribution in [0.5, 0.6) is 5.75 Å². The second-order valence-corrected chi connectivity index (χ2v) is 8.40. The van der Waals surface area contributed by atoms with Gasteiger partial charge in [-0.15, -0.1) is 0 Å². The number of methoxy groups -OCH3 is 1. The van der Waals surface area contributed by atoms with Gasteiger partial charge in [0.25, 0.3) is 5.91 Å². The molecule has 1 N–H and O–H groups in total. The molecule has 0 saturated heterocycles. The summed E-state index contributed by atoms with van der Waals surface area (Å²) in [4.78, 5) is 12.5. The van der Waals surface area contributed by atoms with E-state index in [1.807, 2.05) is 0 Å². The molecule has 0 heterocycles. The van der Waals surface area contributed by atoms with Gasteiger partial charge in [0.1, 0.15) is 11.6 Å². The van der Waals surface area contributed by atoms with E-state index in [1.165, 1.54) is 29.6 Å². The first-order valence-electron chi connectivity index (χ1n) is 8.29. The minimum absolute atomic E-state index is 0.0133. The van der Waals surface area contributed by atoms with Gasteiger partial charge in [0.05, 0.1) is 33.3 Å². The zero-order valence-electron chi connectivity index (χ0n) is 15.4. The molecule has 0 atom stereocenters.